The smallest absolute Gasteiger partial charge is 0.251 e. The predicted molar refractivity (Wildman–Crippen MR) is 103 cm³/mol. The third kappa shape index (κ3) is 4.97. The van der Waals surface area contributed by atoms with Crippen LogP contribution in [0.2, 0.25) is 0 Å². The van der Waals surface area contributed by atoms with Gasteiger partial charge in [0.25, 0.3) is 5.91 Å². The van der Waals surface area contributed by atoms with Gasteiger partial charge in [-0.15, -0.1) is 0 Å². The zero-order valence-electron chi connectivity index (χ0n) is 15.6. The second kappa shape index (κ2) is 8.53. The quantitative estimate of drug-likeness (QED) is 0.841. The lowest BCUT2D eigenvalue weighted by atomic mass is 10.0. The molecule has 0 unspecified atom stereocenters. The van der Waals surface area contributed by atoms with Crippen molar-refractivity contribution in [2.45, 2.75) is 6.04 Å². The number of carbonyl (C=O) groups excluding carboxylic acids is 1. The van der Waals surface area contributed by atoms with E-state index in [1.807, 2.05) is 28.2 Å². The van der Waals surface area contributed by atoms with Gasteiger partial charge in [-0.25, -0.2) is 0 Å². The second-order valence-electron chi connectivity index (χ2n) is 6.40. The second-order valence-corrected chi connectivity index (χ2v) is 6.40. The van der Waals surface area contributed by atoms with Gasteiger partial charge in [0.15, 0.2) is 0 Å². The summed E-state index contributed by atoms with van der Waals surface area (Å²) >= 11 is 0. The number of hydrogen-bond donors (Lipinski definition) is 1. The normalized spacial score (nSPS) is 11.9. The first-order valence-electron chi connectivity index (χ1n) is 8.28. The van der Waals surface area contributed by atoms with E-state index < -0.39 is 0 Å². The van der Waals surface area contributed by atoms with Crippen molar-refractivity contribution in [3.63, 3.8) is 0 Å². The summed E-state index contributed by atoms with van der Waals surface area (Å²) in [5.74, 6) is 0.656. The summed E-state index contributed by atoms with van der Waals surface area (Å²) in [6.07, 6.45) is 0. The van der Waals surface area contributed by atoms with E-state index in [1.165, 1.54) is 5.56 Å². The van der Waals surface area contributed by atoms with Crippen LogP contribution in [0.1, 0.15) is 22.0 Å². The number of amides is 1. The van der Waals surface area contributed by atoms with Gasteiger partial charge in [0, 0.05) is 31.9 Å². The molecule has 2 rings (SSSR count). The lowest BCUT2D eigenvalue weighted by Gasteiger charge is -2.26. The molecule has 1 atom stereocenters. The lowest BCUT2D eigenvalue weighted by Crippen LogP contribution is -2.34. The highest BCUT2D eigenvalue weighted by molar-refractivity contribution is 5.94. The van der Waals surface area contributed by atoms with Crippen molar-refractivity contribution in [1.82, 2.24) is 10.2 Å². The molecule has 0 saturated carbocycles. The van der Waals surface area contributed by atoms with E-state index in [4.69, 9.17) is 4.74 Å². The van der Waals surface area contributed by atoms with Crippen LogP contribution in [-0.4, -0.2) is 52.7 Å². The average Bonchev–Trinajstić information content (AvgIpc) is 2.62. The van der Waals surface area contributed by atoms with E-state index in [0.29, 0.717) is 12.1 Å². The molecule has 0 spiro atoms. The van der Waals surface area contributed by atoms with Crippen LogP contribution in [0.15, 0.2) is 48.5 Å². The monoisotopic (exact) mass is 341 g/mol. The maximum Gasteiger partial charge on any atom is 0.251 e. The summed E-state index contributed by atoms with van der Waals surface area (Å²) in [7, 11) is 9.69. The first-order chi connectivity index (χ1) is 11.9. The van der Waals surface area contributed by atoms with E-state index in [1.54, 1.807) is 31.4 Å². The molecule has 25 heavy (non-hydrogen) atoms. The highest BCUT2D eigenvalue weighted by atomic mass is 16.5. The Balaban J connectivity index is 2.04. The molecule has 0 heterocycles. The molecule has 0 bridgehead atoms. The van der Waals surface area contributed by atoms with E-state index in [9.17, 15) is 4.79 Å². The summed E-state index contributed by atoms with van der Waals surface area (Å²) in [6, 6.07) is 15.6. The maximum absolute atomic E-state index is 12.4. The van der Waals surface area contributed by atoms with E-state index >= 15 is 0 Å². The number of ether oxygens (including phenoxy) is 1. The minimum atomic E-state index is -0.0839. The van der Waals surface area contributed by atoms with Gasteiger partial charge >= 0.3 is 0 Å². The van der Waals surface area contributed by atoms with Crippen molar-refractivity contribution < 1.29 is 9.53 Å². The summed E-state index contributed by atoms with van der Waals surface area (Å²) in [4.78, 5) is 16.5. The van der Waals surface area contributed by atoms with Crippen LogP contribution < -0.4 is 15.0 Å². The molecule has 134 valence electrons. The summed E-state index contributed by atoms with van der Waals surface area (Å²) < 4.78 is 5.12. The molecule has 2 aromatic rings. The molecule has 0 aliphatic carbocycles. The number of nitrogens with zero attached hydrogens (tertiary/aromatic N) is 2. The van der Waals surface area contributed by atoms with Gasteiger partial charge in [-0.05, 0) is 56.1 Å². The Labute approximate surface area is 150 Å². The Morgan fingerprint density at radius 3 is 2.08 bits per heavy atom. The fraction of sp³-hybridized carbons (Fsp3) is 0.350. The lowest BCUT2D eigenvalue weighted by molar-refractivity contribution is 0.0942. The molecular weight excluding hydrogens is 314 g/mol. The van der Waals surface area contributed by atoms with Gasteiger partial charge in [-0.1, -0.05) is 12.1 Å². The summed E-state index contributed by atoms with van der Waals surface area (Å²) in [6.45, 7) is 0.541. The molecule has 5 heteroatoms. The number of benzene rings is 2. The standard InChI is InChI=1S/C20H27N3O2/c1-22(2)17-10-6-15(7-11-17)19(23(3)4)14-21-20(24)16-8-12-18(25-5)13-9-16/h6-13,19H,14H2,1-5H3,(H,21,24)/t19-/m0/s1. The van der Waals surface area contributed by atoms with Crippen molar-refractivity contribution in [1.29, 1.82) is 0 Å². The first kappa shape index (κ1) is 18.8. The van der Waals surface area contributed by atoms with Gasteiger partial charge in [0.2, 0.25) is 0 Å². The molecule has 0 aliphatic heterocycles. The fourth-order valence-corrected chi connectivity index (χ4v) is 2.63. The largest absolute Gasteiger partial charge is 0.497 e. The Bertz CT molecular complexity index is 679. The topological polar surface area (TPSA) is 44.8 Å². The van der Waals surface area contributed by atoms with Crippen molar-refractivity contribution >= 4 is 11.6 Å². The molecule has 0 fully saturated rings. The molecule has 2 aromatic carbocycles. The van der Waals surface area contributed by atoms with Crippen molar-refractivity contribution in [2.24, 2.45) is 0 Å². The van der Waals surface area contributed by atoms with Crippen molar-refractivity contribution in [3.05, 3.63) is 59.7 Å². The molecule has 5 nitrogen and oxygen atoms in total. The number of methoxy groups -OCH3 is 1. The Hall–Kier alpha value is -2.53. The van der Waals surface area contributed by atoms with Crippen LogP contribution in [0.25, 0.3) is 0 Å². The molecule has 0 radical (unpaired) electrons. The minimum Gasteiger partial charge on any atom is -0.497 e. The van der Waals surface area contributed by atoms with Crippen LogP contribution in [0, 0.1) is 0 Å². The highest BCUT2D eigenvalue weighted by Crippen LogP contribution is 2.21. The molecule has 0 aliphatic rings. The van der Waals surface area contributed by atoms with Gasteiger partial charge in [0.1, 0.15) is 5.75 Å². The molecular formula is C20H27N3O2. The van der Waals surface area contributed by atoms with Crippen LogP contribution in [-0.2, 0) is 0 Å². The maximum atomic E-state index is 12.4. The zero-order chi connectivity index (χ0) is 18.4. The highest BCUT2D eigenvalue weighted by Gasteiger charge is 2.16. The number of rotatable bonds is 7. The number of nitrogens with one attached hydrogen (secondary N) is 1. The van der Waals surface area contributed by atoms with Crippen LogP contribution in [0.4, 0.5) is 5.69 Å². The molecule has 0 aromatic heterocycles. The van der Waals surface area contributed by atoms with Gasteiger partial charge in [0.05, 0.1) is 13.2 Å². The number of likely N-dealkylation sites (N-methyl/N-ethyl adjacent to an activating group) is 1. The third-order valence-corrected chi connectivity index (χ3v) is 4.23. The molecule has 1 amide bonds. The zero-order valence-corrected chi connectivity index (χ0v) is 15.6. The molecule has 1 N–H and O–H groups in total. The molecule has 0 saturated heterocycles. The van der Waals surface area contributed by atoms with Gasteiger partial charge in [-0.2, -0.15) is 0 Å². The Morgan fingerprint density at radius 1 is 1.00 bits per heavy atom. The third-order valence-electron chi connectivity index (χ3n) is 4.23. The van der Waals surface area contributed by atoms with Crippen LogP contribution in [0.3, 0.4) is 0 Å². The van der Waals surface area contributed by atoms with Gasteiger partial charge < -0.3 is 19.9 Å². The van der Waals surface area contributed by atoms with E-state index in [2.05, 4.69) is 39.4 Å². The Kier molecular flexibility index (Phi) is 6.42. The van der Waals surface area contributed by atoms with Gasteiger partial charge in [-0.3, -0.25) is 4.79 Å². The fourth-order valence-electron chi connectivity index (χ4n) is 2.63. The minimum absolute atomic E-state index is 0.0839. The SMILES string of the molecule is COc1ccc(C(=O)NC[C@@H](c2ccc(N(C)C)cc2)N(C)C)cc1. The van der Waals surface area contributed by atoms with E-state index in [0.717, 1.165) is 11.4 Å². The van der Waals surface area contributed by atoms with E-state index in [-0.39, 0.29) is 11.9 Å². The number of carbonyl (C=O) groups is 1. The summed E-state index contributed by atoms with van der Waals surface area (Å²) in [5, 5.41) is 3.02. The number of hydrogen-bond acceptors (Lipinski definition) is 4. The first-order valence-corrected chi connectivity index (χ1v) is 8.28. The van der Waals surface area contributed by atoms with Crippen LogP contribution >= 0.6 is 0 Å². The van der Waals surface area contributed by atoms with Crippen molar-refractivity contribution in [2.75, 3.05) is 46.7 Å². The average molecular weight is 341 g/mol. The van der Waals surface area contributed by atoms with Crippen molar-refractivity contribution in [3.8, 4) is 5.75 Å². The summed E-state index contributed by atoms with van der Waals surface area (Å²) in [5.41, 5.74) is 2.95. The Morgan fingerprint density at radius 2 is 1.60 bits per heavy atom. The number of anilines is 1. The van der Waals surface area contributed by atoms with Crippen LogP contribution in [0.5, 0.6) is 5.75 Å². The predicted octanol–water partition coefficient (Wildman–Crippen LogP) is 2.79.